The van der Waals surface area contributed by atoms with E-state index in [1.54, 1.807) is 0 Å². The summed E-state index contributed by atoms with van der Waals surface area (Å²) in [4.78, 5) is 4.23. The van der Waals surface area contributed by atoms with Crippen LogP contribution >= 0.6 is 11.6 Å². The lowest BCUT2D eigenvalue weighted by molar-refractivity contribution is 0.687. The second-order valence-electron chi connectivity index (χ2n) is 3.35. The zero-order chi connectivity index (χ0) is 8.59. The van der Waals surface area contributed by atoms with Gasteiger partial charge in [-0.25, -0.2) is 4.99 Å². The molecule has 0 bridgehead atoms. The van der Waals surface area contributed by atoms with Gasteiger partial charge in [0.25, 0.3) is 0 Å². The molecule has 0 aromatic rings. The third-order valence-corrected chi connectivity index (χ3v) is 2.55. The lowest BCUT2D eigenvalue weighted by Gasteiger charge is -2.12. The Labute approximate surface area is 73.2 Å². The van der Waals surface area contributed by atoms with E-state index in [2.05, 4.69) is 25.8 Å². The van der Waals surface area contributed by atoms with Gasteiger partial charge in [-0.15, -0.1) is 0 Å². The Kier molecular flexibility index (Phi) is 2.38. The van der Waals surface area contributed by atoms with E-state index in [4.69, 9.17) is 11.6 Å². The van der Waals surface area contributed by atoms with E-state index in [0.717, 1.165) is 10.9 Å². The monoisotopic (exact) mass is 171 g/mol. The van der Waals surface area contributed by atoms with Crippen molar-refractivity contribution in [3.8, 4) is 0 Å². The average molecular weight is 172 g/mol. The molecule has 11 heavy (non-hydrogen) atoms. The fourth-order valence-electron chi connectivity index (χ4n) is 1.68. The van der Waals surface area contributed by atoms with Crippen molar-refractivity contribution in [3.05, 3.63) is 11.3 Å². The van der Waals surface area contributed by atoms with Crippen LogP contribution in [-0.4, -0.2) is 5.17 Å². The van der Waals surface area contributed by atoms with Crippen molar-refractivity contribution < 1.29 is 0 Å². The Bertz CT molecular complexity index is 226. The number of aliphatic imine (C=N–C) groups is 1. The summed E-state index contributed by atoms with van der Waals surface area (Å²) >= 11 is 5.90. The third kappa shape index (κ3) is 1.48. The Morgan fingerprint density at radius 2 is 2.00 bits per heavy atom. The van der Waals surface area contributed by atoms with E-state index in [0.29, 0.717) is 11.8 Å². The molecule has 0 spiro atoms. The summed E-state index contributed by atoms with van der Waals surface area (Å²) in [7, 11) is 0. The molecule has 1 nitrogen and oxygen atoms in total. The second-order valence-corrected chi connectivity index (χ2v) is 3.74. The van der Waals surface area contributed by atoms with Crippen LogP contribution in [0.25, 0.3) is 0 Å². The van der Waals surface area contributed by atoms with Crippen LogP contribution in [0.2, 0.25) is 0 Å². The van der Waals surface area contributed by atoms with Crippen molar-refractivity contribution in [2.45, 2.75) is 27.7 Å². The summed E-state index contributed by atoms with van der Waals surface area (Å²) in [5.74, 6) is 0.904. The molecule has 0 N–H and O–H groups in total. The average Bonchev–Trinajstić information content (AvgIpc) is 2.07. The van der Waals surface area contributed by atoms with Gasteiger partial charge in [0.2, 0.25) is 0 Å². The Hall–Kier alpha value is -0.300. The molecule has 0 aromatic carbocycles. The van der Waals surface area contributed by atoms with E-state index < -0.39 is 0 Å². The maximum Gasteiger partial charge on any atom is 0.113 e. The number of allylic oxidation sites excluding steroid dienone is 2. The number of hydrogen-bond acceptors (Lipinski definition) is 1. The Morgan fingerprint density at radius 3 is 2.18 bits per heavy atom. The molecule has 1 atom stereocenters. The van der Waals surface area contributed by atoms with Crippen molar-refractivity contribution in [3.63, 3.8) is 0 Å². The smallest absolute Gasteiger partial charge is 0.113 e. The summed E-state index contributed by atoms with van der Waals surface area (Å²) < 4.78 is 0. The quantitative estimate of drug-likeness (QED) is 0.575. The molecule has 0 amide bonds. The SMILES string of the molecule is CC1=C(C(C)C)C(C)C(Cl)=N1. The van der Waals surface area contributed by atoms with Gasteiger partial charge >= 0.3 is 0 Å². The minimum absolute atomic E-state index is 0.344. The molecule has 0 aromatic heterocycles. The van der Waals surface area contributed by atoms with Crippen molar-refractivity contribution in [1.82, 2.24) is 0 Å². The molecule has 2 heteroatoms. The van der Waals surface area contributed by atoms with Gasteiger partial charge < -0.3 is 0 Å². The molecule has 0 saturated carbocycles. The minimum atomic E-state index is 0.344. The number of halogens is 1. The van der Waals surface area contributed by atoms with Crippen LogP contribution in [0.3, 0.4) is 0 Å². The summed E-state index contributed by atoms with van der Waals surface area (Å²) in [5, 5.41) is 0.742. The second kappa shape index (κ2) is 2.98. The van der Waals surface area contributed by atoms with Gasteiger partial charge in [0.15, 0.2) is 0 Å². The van der Waals surface area contributed by atoms with Crippen LogP contribution < -0.4 is 0 Å². The van der Waals surface area contributed by atoms with Crippen LogP contribution in [0, 0.1) is 11.8 Å². The summed E-state index contributed by atoms with van der Waals surface area (Å²) in [6.45, 7) is 8.50. The third-order valence-electron chi connectivity index (χ3n) is 2.14. The van der Waals surface area contributed by atoms with E-state index in [9.17, 15) is 0 Å². The van der Waals surface area contributed by atoms with Gasteiger partial charge in [0, 0.05) is 11.6 Å². The Morgan fingerprint density at radius 1 is 1.45 bits per heavy atom. The predicted octanol–water partition coefficient (Wildman–Crippen LogP) is 3.20. The highest BCUT2D eigenvalue weighted by Crippen LogP contribution is 2.32. The van der Waals surface area contributed by atoms with Crippen LogP contribution in [0.1, 0.15) is 27.7 Å². The highest BCUT2D eigenvalue weighted by Gasteiger charge is 2.24. The number of nitrogens with zero attached hydrogens (tertiary/aromatic N) is 1. The van der Waals surface area contributed by atoms with Gasteiger partial charge in [-0.1, -0.05) is 32.4 Å². The Balaban J connectivity index is 2.92. The van der Waals surface area contributed by atoms with Crippen molar-refractivity contribution in [2.75, 3.05) is 0 Å². The molecule has 1 unspecified atom stereocenters. The first-order valence-electron chi connectivity index (χ1n) is 3.98. The van der Waals surface area contributed by atoms with E-state index in [1.165, 1.54) is 5.57 Å². The molecule has 0 saturated heterocycles. The zero-order valence-electron chi connectivity index (χ0n) is 7.48. The van der Waals surface area contributed by atoms with Crippen molar-refractivity contribution in [2.24, 2.45) is 16.8 Å². The minimum Gasteiger partial charge on any atom is -0.245 e. The summed E-state index contributed by atoms with van der Waals surface area (Å²) in [6.07, 6.45) is 0. The van der Waals surface area contributed by atoms with Crippen LogP contribution in [0.15, 0.2) is 16.3 Å². The molecule has 62 valence electrons. The highest BCUT2D eigenvalue weighted by atomic mass is 35.5. The number of rotatable bonds is 1. The molecule has 0 radical (unpaired) electrons. The maximum absolute atomic E-state index is 5.90. The van der Waals surface area contributed by atoms with E-state index >= 15 is 0 Å². The molecule has 1 aliphatic rings. The standard InChI is InChI=1S/C9H14ClN/c1-5(2)8-6(3)9(10)11-7(8)4/h5-6H,1-4H3. The van der Waals surface area contributed by atoms with Gasteiger partial charge in [0.05, 0.1) is 0 Å². The van der Waals surface area contributed by atoms with Gasteiger partial charge in [-0.05, 0) is 18.4 Å². The topological polar surface area (TPSA) is 12.4 Å². The molecule has 1 aliphatic heterocycles. The van der Waals surface area contributed by atoms with E-state index in [1.807, 2.05) is 6.92 Å². The van der Waals surface area contributed by atoms with Gasteiger partial charge in [-0.3, -0.25) is 0 Å². The largest absolute Gasteiger partial charge is 0.245 e. The predicted molar refractivity (Wildman–Crippen MR) is 50.0 cm³/mol. The lowest BCUT2D eigenvalue weighted by atomic mass is 9.92. The molecular weight excluding hydrogens is 158 g/mol. The molecule has 0 aliphatic carbocycles. The van der Waals surface area contributed by atoms with E-state index in [-0.39, 0.29) is 0 Å². The first-order chi connectivity index (χ1) is 5.04. The molecule has 0 fully saturated rings. The first-order valence-corrected chi connectivity index (χ1v) is 4.36. The summed E-state index contributed by atoms with van der Waals surface area (Å²) in [6, 6.07) is 0. The molecule has 1 rings (SSSR count). The fourth-order valence-corrected chi connectivity index (χ4v) is 1.93. The van der Waals surface area contributed by atoms with Gasteiger partial charge in [0.1, 0.15) is 5.17 Å². The summed E-state index contributed by atoms with van der Waals surface area (Å²) in [5.41, 5.74) is 2.49. The fraction of sp³-hybridized carbons (Fsp3) is 0.667. The lowest BCUT2D eigenvalue weighted by Crippen LogP contribution is -2.07. The van der Waals surface area contributed by atoms with Gasteiger partial charge in [-0.2, -0.15) is 0 Å². The number of hydrogen-bond donors (Lipinski definition) is 0. The molecule has 1 heterocycles. The molecular formula is C9H14ClN. The van der Waals surface area contributed by atoms with Crippen LogP contribution in [0.4, 0.5) is 0 Å². The zero-order valence-corrected chi connectivity index (χ0v) is 8.24. The first kappa shape index (κ1) is 8.79. The van der Waals surface area contributed by atoms with Crippen LogP contribution in [-0.2, 0) is 0 Å². The van der Waals surface area contributed by atoms with Crippen molar-refractivity contribution in [1.29, 1.82) is 0 Å². The highest BCUT2D eigenvalue weighted by molar-refractivity contribution is 6.66. The maximum atomic E-state index is 5.90. The van der Waals surface area contributed by atoms with Crippen molar-refractivity contribution >= 4 is 16.8 Å². The van der Waals surface area contributed by atoms with Crippen LogP contribution in [0.5, 0.6) is 0 Å². The normalized spacial score (nSPS) is 24.9.